The zero-order valence-electron chi connectivity index (χ0n) is 12.3. The summed E-state index contributed by atoms with van der Waals surface area (Å²) >= 11 is 12.1. The molecule has 1 aliphatic rings. The van der Waals surface area contributed by atoms with Crippen molar-refractivity contribution in [3.05, 3.63) is 33.8 Å². The molecule has 2 nitrogen and oxygen atoms in total. The molecule has 4 heteroatoms. The van der Waals surface area contributed by atoms with Gasteiger partial charge in [0.15, 0.2) is 0 Å². The Labute approximate surface area is 132 Å². The highest BCUT2D eigenvalue weighted by Gasteiger charge is 2.23. The van der Waals surface area contributed by atoms with Gasteiger partial charge >= 0.3 is 0 Å². The first-order chi connectivity index (χ1) is 9.56. The van der Waals surface area contributed by atoms with Gasteiger partial charge in [0.2, 0.25) is 0 Å². The molecule has 1 N–H and O–H groups in total. The Balaban J connectivity index is 1.86. The van der Waals surface area contributed by atoms with E-state index in [1.165, 1.54) is 25.9 Å². The Hall–Kier alpha value is -0.280. The van der Waals surface area contributed by atoms with E-state index in [1.54, 1.807) is 6.07 Å². The first kappa shape index (κ1) is 16.1. The van der Waals surface area contributed by atoms with Gasteiger partial charge < -0.3 is 5.32 Å². The molecule has 0 amide bonds. The molecule has 20 heavy (non-hydrogen) atoms. The van der Waals surface area contributed by atoms with Gasteiger partial charge in [-0.2, -0.15) is 0 Å². The van der Waals surface area contributed by atoms with Crippen LogP contribution in [0.15, 0.2) is 18.2 Å². The van der Waals surface area contributed by atoms with Crippen LogP contribution in [0.1, 0.15) is 32.3 Å². The van der Waals surface area contributed by atoms with Gasteiger partial charge in [-0.05, 0) is 55.6 Å². The summed E-state index contributed by atoms with van der Waals surface area (Å²) in [5.41, 5.74) is 1.14. The summed E-state index contributed by atoms with van der Waals surface area (Å²) in [7, 11) is 0. The van der Waals surface area contributed by atoms with Crippen LogP contribution in [0.3, 0.4) is 0 Å². The molecule has 0 bridgehead atoms. The van der Waals surface area contributed by atoms with Crippen LogP contribution in [0, 0.1) is 5.92 Å². The molecule has 1 unspecified atom stereocenters. The van der Waals surface area contributed by atoms with Crippen LogP contribution < -0.4 is 5.32 Å². The summed E-state index contributed by atoms with van der Waals surface area (Å²) < 4.78 is 0. The Bertz CT molecular complexity index is 408. The summed E-state index contributed by atoms with van der Waals surface area (Å²) in [6, 6.07) is 6.34. The highest BCUT2D eigenvalue weighted by atomic mass is 35.5. The molecule has 0 saturated carbocycles. The zero-order valence-corrected chi connectivity index (χ0v) is 13.8. The van der Waals surface area contributed by atoms with E-state index in [-0.39, 0.29) is 0 Å². The van der Waals surface area contributed by atoms with Crippen molar-refractivity contribution in [1.82, 2.24) is 10.2 Å². The lowest BCUT2D eigenvalue weighted by Crippen LogP contribution is -2.44. The highest BCUT2D eigenvalue weighted by Crippen LogP contribution is 2.20. The fourth-order valence-electron chi connectivity index (χ4n) is 2.94. The third-order valence-corrected chi connectivity index (χ3v) is 4.42. The summed E-state index contributed by atoms with van der Waals surface area (Å²) in [5.74, 6) is 0.670. The molecule has 1 fully saturated rings. The van der Waals surface area contributed by atoms with E-state index in [0.717, 1.165) is 18.7 Å². The molecule has 1 aromatic carbocycles. The van der Waals surface area contributed by atoms with Gasteiger partial charge in [0.1, 0.15) is 0 Å². The smallest absolute Gasteiger partial charge is 0.0424 e. The number of nitrogens with one attached hydrogen (secondary N) is 1. The monoisotopic (exact) mass is 314 g/mol. The topological polar surface area (TPSA) is 15.3 Å². The van der Waals surface area contributed by atoms with Gasteiger partial charge in [-0.15, -0.1) is 0 Å². The minimum atomic E-state index is 0.618. The largest absolute Gasteiger partial charge is 0.311 e. The van der Waals surface area contributed by atoms with Crippen molar-refractivity contribution in [2.45, 2.75) is 39.3 Å². The predicted octanol–water partition coefficient (Wildman–Crippen LogP) is 4.20. The van der Waals surface area contributed by atoms with Gasteiger partial charge in [0.05, 0.1) is 0 Å². The van der Waals surface area contributed by atoms with Crippen molar-refractivity contribution in [3.63, 3.8) is 0 Å². The van der Waals surface area contributed by atoms with Crippen molar-refractivity contribution in [3.8, 4) is 0 Å². The second kappa shape index (κ2) is 7.65. The molecular formula is C16H24Cl2N2. The maximum atomic E-state index is 6.03. The summed E-state index contributed by atoms with van der Waals surface area (Å²) in [6.07, 6.45) is 2.68. The van der Waals surface area contributed by atoms with Crippen LogP contribution in [0.2, 0.25) is 10.0 Å². The van der Waals surface area contributed by atoms with Crippen molar-refractivity contribution >= 4 is 23.2 Å². The number of hydrogen-bond acceptors (Lipinski definition) is 2. The molecule has 1 atom stereocenters. The maximum absolute atomic E-state index is 6.03. The Morgan fingerprint density at radius 3 is 2.25 bits per heavy atom. The summed E-state index contributed by atoms with van der Waals surface area (Å²) in [4.78, 5) is 2.61. The molecule has 1 saturated heterocycles. The lowest BCUT2D eigenvalue weighted by atomic mass is 10.0. The quantitative estimate of drug-likeness (QED) is 0.846. The van der Waals surface area contributed by atoms with Crippen molar-refractivity contribution in [2.75, 3.05) is 19.6 Å². The van der Waals surface area contributed by atoms with Gasteiger partial charge in [-0.25, -0.2) is 0 Å². The minimum absolute atomic E-state index is 0.618. The molecule has 0 spiro atoms. The molecule has 112 valence electrons. The average molecular weight is 315 g/mol. The first-order valence-corrected chi connectivity index (χ1v) is 8.21. The normalized spacial score (nSPS) is 17.9. The molecule has 1 aromatic rings. The fourth-order valence-corrected chi connectivity index (χ4v) is 3.51. The summed E-state index contributed by atoms with van der Waals surface area (Å²) in [6.45, 7) is 8.93. The molecular weight excluding hydrogens is 291 g/mol. The van der Waals surface area contributed by atoms with Crippen molar-refractivity contribution in [2.24, 2.45) is 5.92 Å². The maximum Gasteiger partial charge on any atom is 0.0424 e. The molecule has 0 aromatic heterocycles. The van der Waals surface area contributed by atoms with Gasteiger partial charge in [-0.3, -0.25) is 4.90 Å². The van der Waals surface area contributed by atoms with E-state index >= 15 is 0 Å². The summed E-state index contributed by atoms with van der Waals surface area (Å²) in [5, 5.41) is 4.96. The second-order valence-corrected chi connectivity index (χ2v) is 6.84. The van der Waals surface area contributed by atoms with Crippen LogP contribution in [0.5, 0.6) is 0 Å². The van der Waals surface area contributed by atoms with E-state index in [1.807, 2.05) is 12.1 Å². The number of halogens is 2. The van der Waals surface area contributed by atoms with Crippen molar-refractivity contribution < 1.29 is 0 Å². The van der Waals surface area contributed by atoms with E-state index < -0.39 is 0 Å². The number of nitrogens with zero attached hydrogens (tertiary/aromatic N) is 1. The third kappa shape index (κ3) is 4.63. The number of rotatable bonds is 6. The van der Waals surface area contributed by atoms with Crippen LogP contribution in [-0.4, -0.2) is 30.6 Å². The molecule has 1 heterocycles. The highest BCUT2D eigenvalue weighted by molar-refractivity contribution is 6.34. The average Bonchev–Trinajstić information content (AvgIpc) is 2.86. The number of likely N-dealkylation sites (tertiary alicyclic amines) is 1. The van der Waals surface area contributed by atoms with E-state index in [9.17, 15) is 0 Å². The van der Waals surface area contributed by atoms with Gasteiger partial charge in [-0.1, -0.05) is 37.0 Å². The van der Waals surface area contributed by atoms with E-state index in [4.69, 9.17) is 23.2 Å². The van der Waals surface area contributed by atoms with E-state index in [0.29, 0.717) is 22.0 Å². The van der Waals surface area contributed by atoms with Crippen LogP contribution >= 0.6 is 23.2 Å². The molecule has 2 rings (SSSR count). The van der Waals surface area contributed by atoms with Crippen LogP contribution in [-0.2, 0) is 6.54 Å². The SMILES string of the molecule is CC(C)C(CNCc1cc(Cl)cc(Cl)c1)N1CCCC1. The Kier molecular flexibility index (Phi) is 6.16. The number of hydrogen-bond donors (Lipinski definition) is 1. The molecule has 1 aliphatic heterocycles. The number of benzene rings is 1. The second-order valence-electron chi connectivity index (χ2n) is 5.96. The fraction of sp³-hybridized carbons (Fsp3) is 0.625. The van der Waals surface area contributed by atoms with Crippen LogP contribution in [0.4, 0.5) is 0 Å². The molecule has 0 radical (unpaired) electrons. The molecule has 0 aliphatic carbocycles. The van der Waals surface area contributed by atoms with Gasteiger partial charge in [0, 0.05) is 29.2 Å². The van der Waals surface area contributed by atoms with E-state index in [2.05, 4.69) is 24.1 Å². The minimum Gasteiger partial charge on any atom is -0.311 e. The third-order valence-electron chi connectivity index (χ3n) is 3.98. The van der Waals surface area contributed by atoms with Gasteiger partial charge in [0.25, 0.3) is 0 Å². The van der Waals surface area contributed by atoms with Crippen LogP contribution in [0.25, 0.3) is 0 Å². The standard InChI is InChI=1S/C16H24Cl2N2/c1-12(2)16(20-5-3-4-6-20)11-19-10-13-7-14(17)9-15(18)8-13/h7-9,12,16,19H,3-6,10-11H2,1-2H3. The Morgan fingerprint density at radius 2 is 1.70 bits per heavy atom. The lowest BCUT2D eigenvalue weighted by molar-refractivity contribution is 0.186. The lowest BCUT2D eigenvalue weighted by Gasteiger charge is -2.31. The Morgan fingerprint density at radius 1 is 1.10 bits per heavy atom. The first-order valence-electron chi connectivity index (χ1n) is 7.46. The van der Waals surface area contributed by atoms with Crippen molar-refractivity contribution in [1.29, 1.82) is 0 Å². The zero-order chi connectivity index (χ0) is 14.5. The predicted molar refractivity (Wildman–Crippen MR) is 87.6 cm³/mol.